The lowest BCUT2D eigenvalue weighted by atomic mass is 9.87. The first-order chi connectivity index (χ1) is 11.9. The molecule has 1 aliphatic rings. The number of phenolic OH excluding ortho intramolecular Hbond substituents is 1. The van der Waals surface area contributed by atoms with E-state index in [1.54, 1.807) is 36.4 Å². The van der Waals surface area contributed by atoms with Gasteiger partial charge in [0.05, 0.1) is 12.6 Å². The quantitative estimate of drug-likeness (QED) is 0.777. The van der Waals surface area contributed by atoms with E-state index in [9.17, 15) is 20.1 Å². The molecular weight excluding hydrogens is 342 g/mol. The van der Waals surface area contributed by atoms with Crippen molar-refractivity contribution in [2.75, 3.05) is 6.54 Å². The molecule has 0 aromatic heterocycles. The minimum atomic E-state index is -1.05. The van der Waals surface area contributed by atoms with Gasteiger partial charge in [0.25, 0.3) is 0 Å². The lowest BCUT2D eigenvalue weighted by Gasteiger charge is -2.34. The Morgan fingerprint density at radius 2 is 1.92 bits per heavy atom. The van der Waals surface area contributed by atoms with Crippen molar-refractivity contribution >= 4 is 17.7 Å². The molecule has 0 spiro atoms. The number of hydrogen-bond donors (Lipinski definition) is 3. The number of aliphatic hydroxyl groups is 1. The van der Waals surface area contributed by atoms with E-state index < -0.39 is 12.2 Å². The van der Waals surface area contributed by atoms with Crippen LogP contribution in [-0.4, -0.2) is 38.9 Å². The van der Waals surface area contributed by atoms with E-state index in [4.69, 9.17) is 11.6 Å². The molecule has 0 aliphatic heterocycles. The zero-order chi connectivity index (χ0) is 18.0. The summed E-state index contributed by atoms with van der Waals surface area (Å²) in [7, 11) is 0. The molecule has 0 radical (unpaired) electrons. The summed E-state index contributed by atoms with van der Waals surface area (Å²) < 4.78 is 0. The number of carbonyl (C=O) groups is 1. The third kappa shape index (κ3) is 4.06. The maximum absolute atomic E-state index is 11.7. The summed E-state index contributed by atoms with van der Waals surface area (Å²) in [5.41, 5.74) is 2.73. The van der Waals surface area contributed by atoms with Crippen LogP contribution in [0.1, 0.15) is 29.2 Å². The maximum Gasteiger partial charge on any atom is 0.407 e. The molecule has 0 heterocycles. The van der Waals surface area contributed by atoms with Crippen LogP contribution in [0.15, 0.2) is 42.5 Å². The van der Waals surface area contributed by atoms with Gasteiger partial charge in [-0.1, -0.05) is 29.8 Å². The second kappa shape index (κ2) is 7.33. The van der Waals surface area contributed by atoms with E-state index in [1.165, 1.54) is 4.90 Å². The number of benzene rings is 2. The van der Waals surface area contributed by atoms with Crippen molar-refractivity contribution in [3.8, 4) is 5.75 Å². The number of aromatic hydroxyl groups is 1. The Bertz CT molecular complexity index is 763. The van der Waals surface area contributed by atoms with Gasteiger partial charge < -0.3 is 20.2 Å². The molecule has 3 N–H and O–H groups in total. The van der Waals surface area contributed by atoms with Crippen LogP contribution in [0.4, 0.5) is 4.79 Å². The third-order valence-electron chi connectivity index (χ3n) is 4.70. The van der Waals surface area contributed by atoms with Gasteiger partial charge in [-0.25, -0.2) is 4.79 Å². The molecule has 6 heteroatoms. The number of hydrogen-bond acceptors (Lipinski definition) is 3. The zero-order valence-corrected chi connectivity index (χ0v) is 14.4. The summed E-state index contributed by atoms with van der Waals surface area (Å²) in [4.78, 5) is 13.0. The molecular formula is C19H20ClNO4. The Labute approximate surface area is 151 Å². The Hall–Kier alpha value is -2.24. The highest BCUT2D eigenvalue weighted by Crippen LogP contribution is 2.29. The molecule has 2 aromatic carbocycles. The second-order valence-electron chi connectivity index (χ2n) is 6.35. The molecule has 25 heavy (non-hydrogen) atoms. The topological polar surface area (TPSA) is 81.0 Å². The monoisotopic (exact) mass is 361 g/mol. The van der Waals surface area contributed by atoms with Crippen molar-refractivity contribution in [2.24, 2.45) is 0 Å². The Morgan fingerprint density at radius 1 is 1.20 bits per heavy atom. The highest BCUT2D eigenvalue weighted by molar-refractivity contribution is 6.30. The van der Waals surface area contributed by atoms with Crippen molar-refractivity contribution in [1.29, 1.82) is 0 Å². The fourth-order valence-electron chi connectivity index (χ4n) is 3.35. The molecule has 0 saturated heterocycles. The third-order valence-corrected chi connectivity index (χ3v) is 4.96. The van der Waals surface area contributed by atoms with E-state index in [0.717, 1.165) is 17.5 Å². The standard InChI is InChI=1S/C19H20ClNO4/c20-15-5-1-13(2-6-15)18(23)11-21(19(24)25)16-7-3-12-4-8-17(22)10-14(12)9-16/h1-2,4-6,8,10,16,18,22-23H,3,7,9,11H2,(H,24,25)/t16-,18+/m0/s1. The molecule has 0 saturated carbocycles. The first-order valence-electron chi connectivity index (χ1n) is 8.18. The summed E-state index contributed by atoms with van der Waals surface area (Å²) in [5.74, 6) is 0.183. The van der Waals surface area contributed by atoms with Gasteiger partial charge in [0.2, 0.25) is 0 Å². The maximum atomic E-state index is 11.7. The smallest absolute Gasteiger partial charge is 0.407 e. The number of aliphatic hydroxyl groups excluding tert-OH is 1. The van der Waals surface area contributed by atoms with Crippen LogP contribution in [0.5, 0.6) is 5.75 Å². The molecule has 2 aromatic rings. The van der Waals surface area contributed by atoms with Crippen LogP contribution in [-0.2, 0) is 12.8 Å². The average Bonchev–Trinajstić information content (AvgIpc) is 2.59. The van der Waals surface area contributed by atoms with Gasteiger partial charge >= 0.3 is 6.09 Å². The van der Waals surface area contributed by atoms with Crippen molar-refractivity contribution in [2.45, 2.75) is 31.4 Å². The molecule has 0 bridgehead atoms. The Balaban J connectivity index is 1.75. The normalized spacial score (nSPS) is 17.6. The van der Waals surface area contributed by atoms with Crippen LogP contribution < -0.4 is 0 Å². The second-order valence-corrected chi connectivity index (χ2v) is 6.79. The van der Waals surface area contributed by atoms with Crippen LogP contribution in [0.2, 0.25) is 5.02 Å². The van der Waals surface area contributed by atoms with Gasteiger partial charge in [0, 0.05) is 11.1 Å². The fraction of sp³-hybridized carbons (Fsp3) is 0.316. The van der Waals surface area contributed by atoms with Gasteiger partial charge in [0.1, 0.15) is 5.75 Å². The number of amides is 1. The van der Waals surface area contributed by atoms with Crippen LogP contribution in [0, 0.1) is 0 Å². The van der Waals surface area contributed by atoms with E-state index in [1.807, 2.05) is 6.07 Å². The van der Waals surface area contributed by atoms with Gasteiger partial charge in [-0.2, -0.15) is 0 Å². The molecule has 0 unspecified atom stereocenters. The summed E-state index contributed by atoms with van der Waals surface area (Å²) in [6, 6.07) is 11.7. The summed E-state index contributed by atoms with van der Waals surface area (Å²) in [6.45, 7) is -0.00419. The summed E-state index contributed by atoms with van der Waals surface area (Å²) in [5, 5.41) is 30.2. The summed E-state index contributed by atoms with van der Waals surface area (Å²) in [6.07, 6.45) is 0.00238. The lowest BCUT2D eigenvalue weighted by molar-refractivity contribution is 0.0727. The Kier molecular flexibility index (Phi) is 5.16. The minimum absolute atomic E-state index is 0.00419. The van der Waals surface area contributed by atoms with E-state index in [2.05, 4.69) is 0 Å². The van der Waals surface area contributed by atoms with Crippen molar-refractivity contribution in [1.82, 2.24) is 4.90 Å². The predicted molar refractivity (Wildman–Crippen MR) is 95.1 cm³/mol. The van der Waals surface area contributed by atoms with Crippen molar-refractivity contribution in [3.63, 3.8) is 0 Å². The first kappa shape index (κ1) is 17.6. The van der Waals surface area contributed by atoms with E-state index in [-0.39, 0.29) is 18.3 Å². The first-order valence-corrected chi connectivity index (χ1v) is 8.55. The van der Waals surface area contributed by atoms with Crippen LogP contribution >= 0.6 is 11.6 Å². The molecule has 2 atom stereocenters. The number of rotatable bonds is 4. The summed E-state index contributed by atoms with van der Waals surface area (Å²) >= 11 is 5.85. The van der Waals surface area contributed by atoms with Gasteiger partial charge in [0.15, 0.2) is 0 Å². The average molecular weight is 362 g/mol. The zero-order valence-electron chi connectivity index (χ0n) is 13.6. The van der Waals surface area contributed by atoms with Gasteiger partial charge in [-0.15, -0.1) is 0 Å². The molecule has 0 fully saturated rings. The van der Waals surface area contributed by atoms with Gasteiger partial charge in [-0.05, 0) is 60.2 Å². The van der Waals surface area contributed by atoms with Crippen molar-refractivity contribution < 1.29 is 20.1 Å². The predicted octanol–water partition coefficient (Wildman–Crippen LogP) is 3.62. The Morgan fingerprint density at radius 3 is 2.60 bits per heavy atom. The largest absolute Gasteiger partial charge is 0.508 e. The van der Waals surface area contributed by atoms with Crippen LogP contribution in [0.3, 0.4) is 0 Å². The highest BCUT2D eigenvalue weighted by Gasteiger charge is 2.29. The number of fused-ring (bicyclic) bond motifs is 1. The number of aryl methyl sites for hydroxylation is 1. The SMILES string of the molecule is O=C(O)N(C[C@@H](O)c1ccc(Cl)cc1)[C@H]1CCc2ccc(O)cc2C1. The minimum Gasteiger partial charge on any atom is -0.508 e. The molecule has 3 rings (SSSR count). The highest BCUT2D eigenvalue weighted by atomic mass is 35.5. The van der Waals surface area contributed by atoms with Crippen LogP contribution in [0.25, 0.3) is 0 Å². The van der Waals surface area contributed by atoms with Gasteiger partial charge in [-0.3, -0.25) is 0 Å². The van der Waals surface area contributed by atoms with Crippen molar-refractivity contribution in [3.05, 3.63) is 64.2 Å². The number of carboxylic acid groups (broad SMARTS) is 1. The number of phenols is 1. The molecule has 132 valence electrons. The fourth-order valence-corrected chi connectivity index (χ4v) is 3.48. The lowest BCUT2D eigenvalue weighted by Crippen LogP contribution is -2.44. The number of halogens is 1. The molecule has 1 aliphatic carbocycles. The molecule has 1 amide bonds. The molecule has 5 nitrogen and oxygen atoms in total. The van der Waals surface area contributed by atoms with E-state index >= 15 is 0 Å². The number of nitrogens with zero attached hydrogens (tertiary/aromatic N) is 1. The van der Waals surface area contributed by atoms with E-state index in [0.29, 0.717) is 23.4 Å².